The smallest absolute Gasteiger partial charge is 0.436 e. The summed E-state index contributed by atoms with van der Waals surface area (Å²) in [6, 6.07) is 11.8. The summed E-state index contributed by atoms with van der Waals surface area (Å²) in [4.78, 5) is 4.47. The third-order valence-corrected chi connectivity index (χ3v) is 5.03. The van der Waals surface area contributed by atoms with E-state index < -0.39 is 18.3 Å². The molecule has 0 atom stereocenters. The Hall–Kier alpha value is -2.18. The second kappa shape index (κ2) is 5.41. The van der Waals surface area contributed by atoms with Gasteiger partial charge in [-0.2, -0.15) is 0 Å². The van der Waals surface area contributed by atoms with Gasteiger partial charge >= 0.3 is 7.12 Å². The van der Waals surface area contributed by atoms with Gasteiger partial charge in [0, 0.05) is 5.56 Å². The van der Waals surface area contributed by atoms with Crippen molar-refractivity contribution >= 4 is 23.7 Å². The van der Waals surface area contributed by atoms with Gasteiger partial charge in [0.2, 0.25) is 5.89 Å². The predicted molar refractivity (Wildman–Crippen MR) is 95.1 cm³/mol. The summed E-state index contributed by atoms with van der Waals surface area (Å²) in [7, 11) is -0.450. The van der Waals surface area contributed by atoms with Gasteiger partial charge in [0.1, 0.15) is 11.3 Å². The van der Waals surface area contributed by atoms with Gasteiger partial charge in [-0.3, -0.25) is 0 Å². The van der Waals surface area contributed by atoms with Gasteiger partial charge in [-0.1, -0.05) is 6.07 Å². The van der Waals surface area contributed by atoms with Crippen LogP contribution in [0.2, 0.25) is 0 Å². The minimum atomic E-state index is -0.450. The Bertz CT molecular complexity index is 917. The summed E-state index contributed by atoms with van der Waals surface area (Å²) in [5, 5.41) is 0. The first-order chi connectivity index (χ1) is 11.7. The maximum Gasteiger partial charge on any atom is 0.494 e. The van der Waals surface area contributed by atoms with Crippen molar-refractivity contribution in [1.29, 1.82) is 0 Å². The minimum Gasteiger partial charge on any atom is -0.436 e. The zero-order valence-corrected chi connectivity index (χ0v) is 14.7. The molecule has 6 heteroatoms. The lowest BCUT2D eigenvalue weighted by molar-refractivity contribution is 0.00578. The van der Waals surface area contributed by atoms with E-state index in [-0.39, 0.29) is 5.82 Å². The number of aromatic nitrogens is 1. The van der Waals surface area contributed by atoms with Crippen molar-refractivity contribution in [2.75, 3.05) is 0 Å². The highest BCUT2D eigenvalue weighted by molar-refractivity contribution is 6.62. The molecule has 0 spiro atoms. The highest BCUT2D eigenvalue weighted by Crippen LogP contribution is 2.36. The lowest BCUT2D eigenvalue weighted by Crippen LogP contribution is -2.41. The predicted octanol–water partition coefficient (Wildman–Crippen LogP) is 3.93. The second-order valence-electron chi connectivity index (χ2n) is 7.34. The van der Waals surface area contributed by atoms with Crippen LogP contribution in [0.25, 0.3) is 22.6 Å². The molecule has 25 heavy (non-hydrogen) atoms. The van der Waals surface area contributed by atoms with Crippen LogP contribution in [-0.2, 0) is 9.31 Å². The monoisotopic (exact) mass is 339 g/mol. The van der Waals surface area contributed by atoms with Crippen molar-refractivity contribution in [3.8, 4) is 11.5 Å². The molecule has 0 N–H and O–H groups in total. The quantitative estimate of drug-likeness (QED) is 0.664. The van der Waals surface area contributed by atoms with Crippen molar-refractivity contribution in [3.05, 3.63) is 48.3 Å². The van der Waals surface area contributed by atoms with E-state index in [1.165, 1.54) is 12.1 Å². The van der Waals surface area contributed by atoms with Crippen LogP contribution < -0.4 is 5.46 Å². The summed E-state index contributed by atoms with van der Waals surface area (Å²) < 4.78 is 31.1. The van der Waals surface area contributed by atoms with E-state index in [4.69, 9.17) is 13.7 Å². The standard InChI is InChI=1S/C19H19BFNO3/c1-18(2)19(3,4)25-20(24-18)13-7-10-15-16(11-13)23-17(22-15)12-5-8-14(21)9-6-12/h5-11H,1-4H3. The molecule has 1 aliphatic rings. The fraction of sp³-hybridized carbons (Fsp3) is 0.316. The Kier molecular flexibility index (Phi) is 3.53. The maximum absolute atomic E-state index is 13.1. The first kappa shape index (κ1) is 16.3. The van der Waals surface area contributed by atoms with E-state index in [1.807, 2.05) is 45.9 Å². The topological polar surface area (TPSA) is 44.5 Å². The summed E-state index contributed by atoms with van der Waals surface area (Å²) in [6.45, 7) is 8.08. The molecule has 0 unspecified atom stereocenters. The molecular formula is C19H19BFNO3. The number of hydrogen-bond donors (Lipinski definition) is 0. The van der Waals surface area contributed by atoms with Crippen LogP contribution in [0, 0.1) is 5.82 Å². The Balaban J connectivity index is 1.68. The Labute approximate surface area is 146 Å². The van der Waals surface area contributed by atoms with Gasteiger partial charge in [-0.05, 0) is 69.6 Å². The molecule has 4 nitrogen and oxygen atoms in total. The second-order valence-corrected chi connectivity index (χ2v) is 7.34. The van der Waals surface area contributed by atoms with Gasteiger partial charge in [-0.15, -0.1) is 0 Å². The van der Waals surface area contributed by atoms with Crippen LogP contribution in [-0.4, -0.2) is 23.3 Å². The van der Waals surface area contributed by atoms with Gasteiger partial charge in [-0.25, -0.2) is 9.37 Å². The van der Waals surface area contributed by atoms with Crippen molar-refractivity contribution in [3.63, 3.8) is 0 Å². The average molecular weight is 339 g/mol. The first-order valence-corrected chi connectivity index (χ1v) is 8.27. The van der Waals surface area contributed by atoms with Crippen molar-refractivity contribution < 1.29 is 18.1 Å². The van der Waals surface area contributed by atoms with Crippen LogP contribution in [0.5, 0.6) is 0 Å². The number of fused-ring (bicyclic) bond motifs is 1. The Morgan fingerprint density at radius 1 is 0.920 bits per heavy atom. The number of hydrogen-bond acceptors (Lipinski definition) is 4. The van der Waals surface area contributed by atoms with E-state index in [0.29, 0.717) is 11.5 Å². The lowest BCUT2D eigenvalue weighted by atomic mass is 9.79. The number of oxazole rings is 1. The summed E-state index contributed by atoms with van der Waals surface area (Å²) in [5.41, 5.74) is 2.20. The van der Waals surface area contributed by atoms with Crippen molar-refractivity contribution in [2.45, 2.75) is 38.9 Å². The molecular weight excluding hydrogens is 320 g/mol. The van der Waals surface area contributed by atoms with E-state index in [1.54, 1.807) is 12.1 Å². The molecule has 4 rings (SSSR count). The molecule has 0 amide bonds. The van der Waals surface area contributed by atoms with Crippen molar-refractivity contribution in [1.82, 2.24) is 4.98 Å². The largest absolute Gasteiger partial charge is 0.494 e. The third-order valence-electron chi connectivity index (χ3n) is 5.03. The van der Waals surface area contributed by atoms with E-state index in [0.717, 1.165) is 16.5 Å². The highest BCUT2D eigenvalue weighted by atomic mass is 19.1. The first-order valence-electron chi connectivity index (χ1n) is 8.27. The van der Waals surface area contributed by atoms with Crippen LogP contribution in [0.1, 0.15) is 27.7 Å². The summed E-state index contributed by atoms with van der Waals surface area (Å²) >= 11 is 0. The van der Waals surface area contributed by atoms with E-state index in [9.17, 15) is 4.39 Å². The van der Waals surface area contributed by atoms with E-state index in [2.05, 4.69) is 4.98 Å². The molecule has 1 aliphatic heterocycles. The molecule has 0 aliphatic carbocycles. The summed E-state index contributed by atoms with van der Waals surface area (Å²) in [6.07, 6.45) is 0. The van der Waals surface area contributed by atoms with E-state index >= 15 is 0 Å². The number of rotatable bonds is 2. The number of halogens is 1. The molecule has 0 saturated carbocycles. The average Bonchev–Trinajstić information content (AvgIpc) is 3.05. The summed E-state index contributed by atoms with van der Waals surface area (Å²) in [5.74, 6) is 0.170. The van der Waals surface area contributed by atoms with Crippen LogP contribution >= 0.6 is 0 Å². The SMILES string of the molecule is CC1(C)OB(c2ccc3nc(-c4ccc(F)cc4)oc3c2)OC1(C)C. The van der Waals surface area contributed by atoms with Crippen molar-refractivity contribution in [2.24, 2.45) is 0 Å². The molecule has 3 aromatic rings. The Morgan fingerprint density at radius 3 is 2.20 bits per heavy atom. The van der Waals surface area contributed by atoms with Gasteiger partial charge in [0.25, 0.3) is 0 Å². The lowest BCUT2D eigenvalue weighted by Gasteiger charge is -2.32. The minimum absolute atomic E-state index is 0.289. The highest BCUT2D eigenvalue weighted by Gasteiger charge is 2.51. The van der Waals surface area contributed by atoms with Crippen LogP contribution in [0.15, 0.2) is 46.9 Å². The maximum atomic E-state index is 13.1. The molecule has 1 fully saturated rings. The molecule has 0 bridgehead atoms. The fourth-order valence-electron chi connectivity index (χ4n) is 2.78. The molecule has 128 valence electrons. The molecule has 2 aromatic carbocycles. The number of nitrogens with zero attached hydrogens (tertiary/aromatic N) is 1. The van der Waals surface area contributed by atoms with Crippen LogP contribution in [0.4, 0.5) is 4.39 Å². The zero-order chi connectivity index (χ0) is 17.8. The molecule has 1 aromatic heterocycles. The van der Waals surface area contributed by atoms with Gasteiger partial charge in [0.05, 0.1) is 11.2 Å². The molecule has 1 saturated heterocycles. The third kappa shape index (κ3) is 2.75. The fourth-order valence-corrected chi connectivity index (χ4v) is 2.78. The normalized spacial score (nSPS) is 18.8. The van der Waals surface area contributed by atoms with Crippen LogP contribution in [0.3, 0.4) is 0 Å². The van der Waals surface area contributed by atoms with Gasteiger partial charge < -0.3 is 13.7 Å². The number of benzene rings is 2. The Morgan fingerprint density at radius 2 is 1.56 bits per heavy atom. The molecule has 0 radical (unpaired) electrons. The molecule has 2 heterocycles. The van der Waals surface area contributed by atoms with Gasteiger partial charge in [0.15, 0.2) is 5.58 Å². The zero-order valence-electron chi connectivity index (χ0n) is 14.7.